The number of rotatable bonds is 0. The van der Waals surface area contributed by atoms with Crippen LogP contribution in [0, 0.1) is 5.41 Å². The van der Waals surface area contributed by atoms with E-state index in [9.17, 15) is 4.79 Å². The van der Waals surface area contributed by atoms with Crippen molar-refractivity contribution in [2.24, 2.45) is 5.41 Å². The van der Waals surface area contributed by atoms with E-state index in [0.717, 1.165) is 0 Å². The summed E-state index contributed by atoms with van der Waals surface area (Å²) in [5.74, 6) is 0. The number of hydrogen-bond donors (Lipinski definition) is 1. The third-order valence-electron chi connectivity index (χ3n) is 2.13. The Kier molecular flexibility index (Phi) is 1.84. The summed E-state index contributed by atoms with van der Waals surface area (Å²) < 4.78 is 0. The molecule has 0 unspecified atom stereocenters. The molecule has 0 aromatic carbocycles. The standard InChI is InChI=1S/C10H11N3O/c1-10(2)5-3-4-7-8(6-10)11-13-12-9(7)14/h3-6H,1-2H3,(H,11,12,14). The fourth-order valence-corrected chi connectivity index (χ4v) is 1.42. The van der Waals surface area contributed by atoms with Crippen molar-refractivity contribution in [1.82, 2.24) is 15.4 Å². The molecule has 2 rings (SSSR count). The summed E-state index contributed by atoms with van der Waals surface area (Å²) in [7, 11) is 0. The largest absolute Gasteiger partial charge is 0.274 e. The van der Waals surface area contributed by atoms with Crippen LogP contribution in [0.1, 0.15) is 13.8 Å². The molecule has 0 fully saturated rings. The smallest absolute Gasteiger partial charge is 0.267 e. The number of fused-ring (bicyclic) bond motifs is 1. The zero-order valence-electron chi connectivity index (χ0n) is 8.11. The van der Waals surface area contributed by atoms with Gasteiger partial charge in [0.05, 0.1) is 10.6 Å². The summed E-state index contributed by atoms with van der Waals surface area (Å²) in [6, 6.07) is 0. The fraction of sp³-hybridized carbons (Fsp3) is 0.300. The van der Waals surface area contributed by atoms with Gasteiger partial charge in [-0.3, -0.25) is 4.79 Å². The van der Waals surface area contributed by atoms with Crippen LogP contribution < -0.4 is 16.1 Å². The van der Waals surface area contributed by atoms with Crippen LogP contribution in [-0.2, 0) is 0 Å². The van der Waals surface area contributed by atoms with Crippen LogP contribution in [-0.4, -0.2) is 15.4 Å². The van der Waals surface area contributed by atoms with Gasteiger partial charge in [-0.25, -0.2) is 5.10 Å². The summed E-state index contributed by atoms with van der Waals surface area (Å²) >= 11 is 0. The van der Waals surface area contributed by atoms with E-state index in [-0.39, 0.29) is 11.0 Å². The zero-order chi connectivity index (χ0) is 10.2. The Morgan fingerprint density at radius 2 is 2.21 bits per heavy atom. The Hall–Kier alpha value is -1.71. The summed E-state index contributed by atoms with van der Waals surface area (Å²) in [4.78, 5) is 11.4. The average Bonchev–Trinajstić information content (AvgIpc) is 2.23. The maximum absolute atomic E-state index is 11.4. The first kappa shape index (κ1) is 8.87. The minimum absolute atomic E-state index is 0.0930. The molecule has 1 aliphatic rings. The summed E-state index contributed by atoms with van der Waals surface area (Å²) in [5, 5.41) is 11.0. The second-order valence-electron chi connectivity index (χ2n) is 3.93. The first-order valence-corrected chi connectivity index (χ1v) is 4.42. The van der Waals surface area contributed by atoms with Gasteiger partial charge in [0.1, 0.15) is 0 Å². The number of aromatic nitrogens is 3. The van der Waals surface area contributed by atoms with Crippen molar-refractivity contribution in [3.63, 3.8) is 0 Å². The van der Waals surface area contributed by atoms with E-state index in [0.29, 0.717) is 10.6 Å². The molecule has 0 saturated heterocycles. The summed E-state index contributed by atoms with van der Waals surface area (Å²) in [5.41, 5.74) is -0.293. The molecule has 0 bridgehead atoms. The van der Waals surface area contributed by atoms with Gasteiger partial charge in [-0.15, -0.1) is 5.10 Å². The lowest BCUT2D eigenvalue weighted by Gasteiger charge is -2.11. The fourth-order valence-electron chi connectivity index (χ4n) is 1.42. The van der Waals surface area contributed by atoms with Gasteiger partial charge >= 0.3 is 0 Å². The molecule has 1 N–H and O–H groups in total. The molecule has 72 valence electrons. The normalized spacial score (nSPS) is 17.6. The molecule has 0 aliphatic heterocycles. The van der Waals surface area contributed by atoms with E-state index >= 15 is 0 Å². The number of nitrogens with zero attached hydrogens (tertiary/aromatic N) is 2. The van der Waals surface area contributed by atoms with E-state index in [4.69, 9.17) is 0 Å². The van der Waals surface area contributed by atoms with E-state index in [1.54, 1.807) is 6.08 Å². The molecule has 1 aliphatic carbocycles. The number of nitrogens with one attached hydrogen (secondary N) is 1. The lowest BCUT2D eigenvalue weighted by Crippen LogP contribution is -2.44. The average molecular weight is 189 g/mol. The highest BCUT2D eigenvalue weighted by atomic mass is 16.1. The van der Waals surface area contributed by atoms with Gasteiger partial charge in [0.25, 0.3) is 5.56 Å². The highest BCUT2D eigenvalue weighted by Gasteiger charge is 2.11. The van der Waals surface area contributed by atoms with Gasteiger partial charge in [-0.1, -0.05) is 31.2 Å². The number of H-pyrrole nitrogens is 1. The highest BCUT2D eigenvalue weighted by molar-refractivity contribution is 5.45. The molecule has 4 heteroatoms. The number of allylic oxidation sites excluding steroid dienone is 2. The molecule has 0 spiro atoms. The molecular formula is C10H11N3O. The van der Waals surface area contributed by atoms with E-state index < -0.39 is 0 Å². The van der Waals surface area contributed by atoms with Crippen molar-refractivity contribution in [3.05, 3.63) is 33.1 Å². The van der Waals surface area contributed by atoms with Gasteiger partial charge in [0, 0.05) is 5.41 Å². The van der Waals surface area contributed by atoms with Crippen LogP contribution in [0.3, 0.4) is 0 Å². The lowest BCUT2D eigenvalue weighted by atomic mass is 9.93. The van der Waals surface area contributed by atoms with Crippen molar-refractivity contribution < 1.29 is 0 Å². The van der Waals surface area contributed by atoms with Crippen LogP contribution in [0.15, 0.2) is 16.9 Å². The van der Waals surface area contributed by atoms with E-state index in [1.807, 2.05) is 18.2 Å². The topological polar surface area (TPSA) is 58.6 Å². The van der Waals surface area contributed by atoms with Crippen LogP contribution >= 0.6 is 0 Å². The Morgan fingerprint density at radius 1 is 1.43 bits per heavy atom. The minimum Gasteiger partial charge on any atom is -0.267 e. The summed E-state index contributed by atoms with van der Waals surface area (Å²) in [6.07, 6.45) is 7.59. The van der Waals surface area contributed by atoms with Crippen molar-refractivity contribution in [2.45, 2.75) is 13.8 Å². The first-order chi connectivity index (χ1) is 6.58. The molecule has 1 aromatic rings. The van der Waals surface area contributed by atoms with Crippen molar-refractivity contribution in [3.8, 4) is 0 Å². The van der Waals surface area contributed by atoms with E-state index in [1.165, 1.54) is 0 Å². The van der Waals surface area contributed by atoms with E-state index in [2.05, 4.69) is 29.3 Å². The molecule has 0 atom stereocenters. The second-order valence-corrected chi connectivity index (χ2v) is 3.93. The SMILES string of the molecule is CC1(C)C=CC=c2c(nn[nH]c2=O)=C1. The molecular weight excluding hydrogens is 178 g/mol. The molecule has 14 heavy (non-hydrogen) atoms. The Balaban J connectivity index is 2.90. The third kappa shape index (κ3) is 1.51. The maximum atomic E-state index is 11.4. The van der Waals surface area contributed by atoms with Gasteiger partial charge in [-0.05, 0) is 12.2 Å². The van der Waals surface area contributed by atoms with Crippen LogP contribution in [0.4, 0.5) is 0 Å². The predicted molar refractivity (Wildman–Crippen MR) is 53.8 cm³/mol. The Labute approximate surface area is 80.7 Å². The molecule has 0 amide bonds. The minimum atomic E-state index is -0.200. The Morgan fingerprint density at radius 3 is 3.00 bits per heavy atom. The zero-order valence-corrected chi connectivity index (χ0v) is 8.11. The molecule has 0 radical (unpaired) electrons. The lowest BCUT2D eigenvalue weighted by molar-refractivity contribution is 0.664. The van der Waals surface area contributed by atoms with Crippen LogP contribution in [0.2, 0.25) is 0 Å². The Bertz CT molecular complexity index is 551. The van der Waals surface area contributed by atoms with Gasteiger partial charge < -0.3 is 0 Å². The van der Waals surface area contributed by atoms with Gasteiger partial charge in [0.2, 0.25) is 0 Å². The van der Waals surface area contributed by atoms with Gasteiger partial charge in [-0.2, -0.15) is 0 Å². The molecule has 1 aromatic heterocycles. The quantitative estimate of drug-likeness (QED) is 0.588. The van der Waals surface area contributed by atoms with Gasteiger partial charge in [0.15, 0.2) is 0 Å². The second kappa shape index (κ2) is 2.90. The monoisotopic (exact) mass is 189 g/mol. The first-order valence-electron chi connectivity index (χ1n) is 4.42. The maximum Gasteiger partial charge on any atom is 0.274 e. The predicted octanol–water partition coefficient (Wildman–Crippen LogP) is -0.678. The molecule has 0 saturated carbocycles. The number of aromatic amines is 1. The number of hydrogen-bond acceptors (Lipinski definition) is 3. The van der Waals surface area contributed by atoms with Crippen molar-refractivity contribution in [2.75, 3.05) is 0 Å². The molecule has 4 nitrogen and oxygen atoms in total. The van der Waals surface area contributed by atoms with Crippen molar-refractivity contribution in [1.29, 1.82) is 0 Å². The van der Waals surface area contributed by atoms with Crippen LogP contribution in [0.5, 0.6) is 0 Å². The van der Waals surface area contributed by atoms with Crippen molar-refractivity contribution >= 4 is 12.2 Å². The summed E-state index contributed by atoms with van der Waals surface area (Å²) in [6.45, 7) is 4.10. The van der Waals surface area contributed by atoms with Crippen LogP contribution in [0.25, 0.3) is 12.2 Å². The highest BCUT2D eigenvalue weighted by Crippen LogP contribution is 2.18. The third-order valence-corrected chi connectivity index (χ3v) is 2.13. The molecule has 1 heterocycles.